The Bertz CT molecular complexity index is 1060. The fraction of sp³-hybridized carbons (Fsp3) is 0.211. The number of nitrogens with one attached hydrogen (secondary N) is 1. The van der Waals surface area contributed by atoms with Gasteiger partial charge in [0.2, 0.25) is 5.91 Å². The number of amides is 3. The van der Waals surface area contributed by atoms with Crippen molar-refractivity contribution in [3.05, 3.63) is 58.1 Å². The summed E-state index contributed by atoms with van der Waals surface area (Å²) in [5, 5.41) is 12.6. The van der Waals surface area contributed by atoms with Gasteiger partial charge >= 0.3 is 0 Å². The molecule has 0 aliphatic carbocycles. The van der Waals surface area contributed by atoms with E-state index in [-0.39, 0.29) is 6.54 Å². The molecule has 2 atom stereocenters. The van der Waals surface area contributed by atoms with Gasteiger partial charge in [-0.25, -0.2) is 4.90 Å². The molecule has 2 heterocycles. The molecular formula is C19H15Cl2N5O3. The van der Waals surface area contributed by atoms with Crippen LogP contribution in [-0.2, 0) is 14.4 Å². The van der Waals surface area contributed by atoms with E-state index in [1.807, 2.05) is 6.92 Å². The standard InChI is InChI=1S/C19H15Cl2N5O3/c1-10-5-6-13(8-14(10)21)26-18(28)16-17(19(26)29)25(24-23-16)9-15(27)22-12-4-2-3-11(20)7-12/h2-8,16-17H,9H2,1H3,(H,22,27). The Labute approximate surface area is 176 Å². The Kier molecular flexibility index (Phi) is 4.97. The van der Waals surface area contributed by atoms with Gasteiger partial charge in [-0.05, 0) is 42.8 Å². The van der Waals surface area contributed by atoms with E-state index < -0.39 is 29.8 Å². The number of fused-ring (bicyclic) bond motifs is 1. The lowest BCUT2D eigenvalue weighted by Gasteiger charge is -2.20. The van der Waals surface area contributed by atoms with Gasteiger partial charge in [-0.15, -0.1) is 0 Å². The van der Waals surface area contributed by atoms with Crippen molar-refractivity contribution in [3.8, 4) is 0 Å². The minimum atomic E-state index is -0.985. The maximum Gasteiger partial charge on any atom is 0.263 e. The third kappa shape index (κ3) is 3.56. The second-order valence-electron chi connectivity index (χ2n) is 6.70. The van der Waals surface area contributed by atoms with E-state index in [1.165, 1.54) is 5.01 Å². The van der Waals surface area contributed by atoms with Crippen molar-refractivity contribution in [2.24, 2.45) is 10.3 Å². The quantitative estimate of drug-likeness (QED) is 0.751. The highest BCUT2D eigenvalue weighted by Gasteiger charge is 2.55. The topological polar surface area (TPSA) is 94.4 Å². The Balaban J connectivity index is 1.50. The monoisotopic (exact) mass is 431 g/mol. The molecule has 10 heteroatoms. The van der Waals surface area contributed by atoms with Crippen LogP contribution < -0.4 is 10.2 Å². The van der Waals surface area contributed by atoms with Crippen molar-refractivity contribution in [1.29, 1.82) is 0 Å². The lowest BCUT2D eigenvalue weighted by atomic mass is 10.1. The highest BCUT2D eigenvalue weighted by Crippen LogP contribution is 2.33. The van der Waals surface area contributed by atoms with Crippen molar-refractivity contribution in [2.75, 3.05) is 16.8 Å². The zero-order valence-corrected chi connectivity index (χ0v) is 16.7. The Hall–Kier alpha value is -2.97. The van der Waals surface area contributed by atoms with Gasteiger partial charge in [-0.3, -0.25) is 19.4 Å². The Morgan fingerprint density at radius 2 is 1.93 bits per heavy atom. The zero-order valence-electron chi connectivity index (χ0n) is 15.2. The minimum Gasteiger partial charge on any atom is -0.324 e. The number of aryl methyl sites for hydroxylation is 1. The number of rotatable bonds is 4. The molecule has 0 aromatic heterocycles. The molecule has 0 saturated carbocycles. The first-order valence-electron chi connectivity index (χ1n) is 8.72. The van der Waals surface area contributed by atoms with Gasteiger partial charge < -0.3 is 5.32 Å². The first-order chi connectivity index (χ1) is 13.8. The SMILES string of the molecule is Cc1ccc(N2C(=O)C3N=NN(CC(=O)Nc4cccc(Cl)c4)C3C2=O)cc1Cl. The van der Waals surface area contributed by atoms with Gasteiger partial charge in [0.15, 0.2) is 12.1 Å². The van der Waals surface area contributed by atoms with E-state index in [2.05, 4.69) is 15.7 Å². The van der Waals surface area contributed by atoms with Gasteiger partial charge in [-0.2, -0.15) is 5.11 Å². The number of halogens is 2. The molecule has 1 N–H and O–H groups in total. The van der Waals surface area contributed by atoms with Crippen LogP contribution in [0.5, 0.6) is 0 Å². The van der Waals surface area contributed by atoms with E-state index in [4.69, 9.17) is 23.2 Å². The van der Waals surface area contributed by atoms with E-state index in [1.54, 1.807) is 42.5 Å². The number of nitrogens with zero attached hydrogens (tertiary/aromatic N) is 4. The molecule has 0 spiro atoms. The number of hydrogen-bond donors (Lipinski definition) is 1. The number of carbonyl (C=O) groups excluding carboxylic acids is 3. The molecule has 3 amide bonds. The van der Waals surface area contributed by atoms with Crippen LogP contribution in [0.3, 0.4) is 0 Å². The summed E-state index contributed by atoms with van der Waals surface area (Å²) in [6.07, 6.45) is 0. The molecule has 148 valence electrons. The van der Waals surface area contributed by atoms with Crippen LogP contribution in [0.15, 0.2) is 52.8 Å². The fourth-order valence-corrected chi connectivity index (χ4v) is 3.61. The van der Waals surface area contributed by atoms with Gasteiger partial charge in [0.1, 0.15) is 6.54 Å². The molecule has 0 radical (unpaired) electrons. The van der Waals surface area contributed by atoms with Crippen molar-refractivity contribution in [1.82, 2.24) is 5.01 Å². The largest absolute Gasteiger partial charge is 0.324 e. The van der Waals surface area contributed by atoms with Gasteiger partial charge in [0.25, 0.3) is 11.8 Å². The van der Waals surface area contributed by atoms with E-state index in [9.17, 15) is 14.4 Å². The average Bonchev–Trinajstić information content (AvgIpc) is 3.18. The number of benzene rings is 2. The third-order valence-electron chi connectivity index (χ3n) is 4.69. The predicted molar refractivity (Wildman–Crippen MR) is 108 cm³/mol. The molecule has 4 rings (SSSR count). The maximum absolute atomic E-state index is 12.9. The molecule has 2 unspecified atom stereocenters. The number of hydrogen-bond acceptors (Lipinski definition) is 6. The first kappa shape index (κ1) is 19.4. The van der Waals surface area contributed by atoms with Crippen LogP contribution in [0.2, 0.25) is 10.0 Å². The summed E-state index contributed by atoms with van der Waals surface area (Å²) in [4.78, 5) is 39.1. The van der Waals surface area contributed by atoms with Gasteiger partial charge in [0, 0.05) is 15.7 Å². The Morgan fingerprint density at radius 1 is 1.14 bits per heavy atom. The van der Waals surface area contributed by atoms with Crippen LogP contribution in [0.1, 0.15) is 5.56 Å². The smallest absolute Gasteiger partial charge is 0.263 e. The number of anilines is 2. The lowest BCUT2D eigenvalue weighted by molar-refractivity contribution is -0.123. The van der Waals surface area contributed by atoms with Crippen molar-refractivity contribution >= 4 is 52.3 Å². The normalized spacial score (nSPS) is 20.4. The van der Waals surface area contributed by atoms with Gasteiger partial charge in [-0.1, -0.05) is 40.6 Å². The summed E-state index contributed by atoms with van der Waals surface area (Å²) in [6.45, 7) is 1.58. The van der Waals surface area contributed by atoms with Crippen LogP contribution in [0.4, 0.5) is 11.4 Å². The molecule has 0 bridgehead atoms. The van der Waals surface area contributed by atoms with Crippen molar-refractivity contribution < 1.29 is 14.4 Å². The molecular weight excluding hydrogens is 417 g/mol. The fourth-order valence-electron chi connectivity index (χ4n) is 3.24. The lowest BCUT2D eigenvalue weighted by Crippen LogP contribution is -2.43. The van der Waals surface area contributed by atoms with E-state index in [0.29, 0.717) is 21.4 Å². The van der Waals surface area contributed by atoms with Crippen LogP contribution >= 0.6 is 23.2 Å². The second kappa shape index (κ2) is 7.46. The summed E-state index contributed by atoms with van der Waals surface area (Å²) in [5.41, 5.74) is 1.71. The van der Waals surface area contributed by atoms with Crippen LogP contribution in [-0.4, -0.2) is 41.4 Å². The third-order valence-corrected chi connectivity index (χ3v) is 5.33. The van der Waals surface area contributed by atoms with Crippen molar-refractivity contribution in [2.45, 2.75) is 19.0 Å². The highest BCUT2D eigenvalue weighted by molar-refractivity contribution is 6.32. The number of carbonyl (C=O) groups is 3. The molecule has 2 aromatic rings. The highest BCUT2D eigenvalue weighted by atomic mass is 35.5. The molecule has 29 heavy (non-hydrogen) atoms. The molecule has 2 aromatic carbocycles. The molecule has 2 aliphatic heterocycles. The summed E-state index contributed by atoms with van der Waals surface area (Å²) >= 11 is 12.0. The zero-order chi connectivity index (χ0) is 20.7. The predicted octanol–water partition coefficient (Wildman–Crippen LogP) is 3.23. The maximum atomic E-state index is 12.9. The first-order valence-corrected chi connectivity index (χ1v) is 9.47. The van der Waals surface area contributed by atoms with Crippen LogP contribution in [0.25, 0.3) is 0 Å². The van der Waals surface area contributed by atoms with E-state index >= 15 is 0 Å². The summed E-state index contributed by atoms with van der Waals surface area (Å²) in [7, 11) is 0. The summed E-state index contributed by atoms with van der Waals surface area (Å²) in [5.74, 6) is -1.41. The minimum absolute atomic E-state index is 0.237. The molecule has 1 saturated heterocycles. The number of imide groups is 1. The van der Waals surface area contributed by atoms with Crippen molar-refractivity contribution in [3.63, 3.8) is 0 Å². The average molecular weight is 432 g/mol. The van der Waals surface area contributed by atoms with Crippen LogP contribution in [0, 0.1) is 6.92 Å². The molecule has 1 fully saturated rings. The Morgan fingerprint density at radius 3 is 2.66 bits per heavy atom. The molecule has 2 aliphatic rings. The van der Waals surface area contributed by atoms with Gasteiger partial charge in [0.05, 0.1) is 5.69 Å². The summed E-state index contributed by atoms with van der Waals surface area (Å²) in [6, 6.07) is 9.65. The summed E-state index contributed by atoms with van der Waals surface area (Å²) < 4.78 is 0. The van der Waals surface area contributed by atoms with E-state index in [0.717, 1.165) is 10.5 Å². The second-order valence-corrected chi connectivity index (χ2v) is 7.54. The molecule has 8 nitrogen and oxygen atoms in total.